The molecule has 0 aliphatic heterocycles. The van der Waals surface area contributed by atoms with E-state index in [0.717, 1.165) is 19.6 Å². The van der Waals surface area contributed by atoms with Crippen LogP contribution in [0.5, 0.6) is 0 Å². The van der Waals surface area contributed by atoms with Crippen LogP contribution in [-0.4, -0.2) is 19.6 Å². The predicted octanol–water partition coefficient (Wildman–Crippen LogP) is 4.12. The highest BCUT2D eigenvalue weighted by Crippen LogP contribution is 2.38. The van der Waals surface area contributed by atoms with Crippen molar-refractivity contribution in [1.29, 1.82) is 0 Å². The second-order valence-electron chi connectivity index (χ2n) is 6.38. The van der Waals surface area contributed by atoms with Crippen LogP contribution in [0.3, 0.4) is 0 Å². The van der Waals surface area contributed by atoms with Crippen molar-refractivity contribution in [1.82, 2.24) is 0 Å². The number of nitrogens with two attached hydrogens (primary N) is 1. The highest BCUT2D eigenvalue weighted by Gasteiger charge is 2.30. The van der Waals surface area contributed by atoms with E-state index < -0.39 is 0 Å². The van der Waals surface area contributed by atoms with Gasteiger partial charge in [-0.15, -0.1) is 0 Å². The van der Waals surface area contributed by atoms with Crippen molar-refractivity contribution in [2.24, 2.45) is 11.1 Å². The van der Waals surface area contributed by atoms with Gasteiger partial charge >= 0.3 is 0 Å². The average molecular weight is 274 g/mol. The van der Waals surface area contributed by atoms with Gasteiger partial charge in [-0.2, -0.15) is 0 Å². The molecule has 1 fully saturated rings. The number of benzene rings is 1. The lowest BCUT2D eigenvalue weighted by Crippen LogP contribution is -2.37. The second kappa shape index (κ2) is 7.12. The standard InChI is InChI=1S/C18H30N2/c1-3-20(17-10-6-5-9-16(17)2)14-13-18(15-19)11-7-4-8-12-18/h5-6,9-10H,3-4,7-8,11-15,19H2,1-2H3. The Bertz CT molecular complexity index is 408. The minimum absolute atomic E-state index is 0.411. The third-order valence-corrected chi connectivity index (χ3v) is 5.10. The minimum Gasteiger partial charge on any atom is -0.372 e. The fourth-order valence-electron chi connectivity index (χ4n) is 3.60. The summed E-state index contributed by atoms with van der Waals surface area (Å²) in [4.78, 5) is 2.52. The molecule has 1 saturated carbocycles. The van der Waals surface area contributed by atoms with Crippen molar-refractivity contribution in [3.05, 3.63) is 29.8 Å². The third-order valence-electron chi connectivity index (χ3n) is 5.10. The molecule has 2 N–H and O–H groups in total. The van der Waals surface area contributed by atoms with Gasteiger partial charge in [-0.05, 0) is 56.7 Å². The van der Waals surface area contributed by atoms with E-state index in [1.807, 2.05) is 0 Å². The van der Waals surface area contributed by atoms with Gasteiger partial charge in [0.1, 0.15) is 0 Å². The first kappa shape index (κ1) is 15.4. The number of aryl methyl sites for hydroxylation is 1. The van der Waals surface area contributed by atoms with Crippen molar-refractivity contribution >= 4 is 5.69 Å². The fourth-order valence-corrected chi connectivity index (χ4v) is 3.60. The third kappa shape index (κ3) is 3.54. The Kier molecular flexibility index (Phi) is 5.47. The Hall–Kier alpha value is -1.02. The first-order valence-corrected chi connectivity index (χ1v) is 8.21. The maximum Gasteiger partial charge on any atom is 0.0395 e. The van der Waals surface area contributed by atoms with E-state index in [1.54, 1.807) is 0 Å². The first-order valence-electron chi connectivity index (χ1n) is 8.21. The molecule has 0 spiro atoms. The number of hydrogen-bond donors (Lipinski definition) is 1. The second-order valence-corrected chi connectivity index (χ2v) is 6.38. The normalized spacial score (nSPS) is 17.9. The maximum absolute atomic E-state index is 6.12. The smallest absolute Gasteiger partial charge is 0.0395 e. The summed E-state index contributed by atoms with van der Waals surface area (Å²) < 4.78 is 0. The van der Waals surface area contributed by atoms with E-state index in [1.165, 1.54) is 49.8 Å². The summed E-state index contributed by atoms with van der Waals surface area (Å²) in [6, 6.07) is 8.71. The van der Waals surface area contributed by atoms with Crippen molar-refractivity contribution in [2.75, 3.05) is 24.5 Å². The first-order chi connectivity index (χ1) is 9.71. The molecule has 2 heteroatoms. The van der Waals surface area contributed by atoms with Gasteiger partial charge in [-0.25, -0.2) is 0 Å². The molecule has 0 amide bonds. The van der Waals surface area contributed by atoms with E-state index in [-0.39, 0.29) is 0 Å². The summed E-state index contributed by atoms with van der Waals surface area (Å²) in [6.45, 7) is 7.53. The lowest BCUT2D eigenvalue weighted by molar-refractivity contribution is 0.185. The average Bonchev–Trinajstić information content (AvgIpc) is 2.50. The molecule has 0 bridgehead atoms. The molecular weight excluding hydrogens is 244 g/mol. The van der Waals surface area contributed by atoms with Gasteiger partial charge in [-0.3, -0.25) is 0 Å². The van der Waals surface area contributed by atoms with Crippen LogP contribution in [0.4, 0.5) is 5.69 Å². The van der Waals surface area contributed by atoms with Crippen molar-refractivity contribution in [2.45, 2.75) is 52.4 Å². The summed E-state index contributed by atoms with van der Waals surface area (Å²) in [7, 11) is 0. The molecule has 0 unspecified atom stereocenters. The highest BCUT2D eigenvalue weighted by atomic mass is 15.1. The SMILES string of the molecule is CCN(CCC1(CN)CCCCC1)c1ccccc1C. The van der Waals surface area contributed by atoms with Crippen LogP contribution < -0.4 is 10.6 Å². The van der Waals surface area contributed by atoms with Crippen LogP contribution in [0.2, 0.25) is 0 Å². The Morgan fingerprint density at radius 3 is 2.45 bits per heavy atom. The molecule has 112 valence electrons. The summed E-state index contributed by atoms with van der Waals surface area (Å²) in [5.74, 6) is 0. The highest BCUT2D eigenvalue weighted by molar-refractivity contribution is 5.52. The number of rotatable bonds is 6. The van der Waals surface area contributed by atoms with Crippen LogP contribution in [0.25, 0.3) is 0 Å². The number of hydrogen-bond acceptors (Lipinski definition) is 2. The quantitative estimate of drug-likeness (QED) is 0.845. The van der Waals surface area contributed by atoms with Gasteiger partial charge in [-0.1, -0.05) is 37.5 Å². The largest absolute Gasteiger partial charge is 0.372 e. The van der Waals surface area contributed by atoms with E-state index in [9.17, 15) is 0 Å². The molecule has 1 aliphatic carbocycles. The zero-order valence-corrected chi connectivity index (χ0v) is 13.2. The molecule has 2 rings (SSSR count). The summed E-state index contributed by atoms with van der Waals surface area (Å²) in [5, 5.41) is 0. The van der Waals surface area contributed by atoms with E-state index in [2.05, 4.69) is 43.0 Å². The Labute approximate surface area is 124 Å². The zero-order chi connectivity index (χ0) is 14.4. The van der Waals surface area contributed by atoms with E-state index in [4.69, 9.17) is 5.73 Å². The minimum atomic E-state index is 0.411. The molecule has 20 heavy (non-hydrogen) atoms. The molecule has 0 radical (unpaired) electrons. The summed E-state index contributed by atoms with van der Waals surface area (Å²) >= 11 is 0. The Balaban J connectivity index is 2.01. The van der Waals surface area contributed by atoms with Gasteiger partial charge in [0.2, 0.25) is 0 Å². The lowest BCUT2D eigenvalue weighted by Gasteiger charge is -2.38. The monoisotopic (exact) mass is 274 g/mol. The van der Waals surface area contributed by atoms with Gasteiger partial charge in [0.15, 0.2) is 0 Å². The molecule has 2 nitrogen and oxygen atoms in total. The molecular formula is C18H30N2. The number of nitrogens with zero attached hydrogens (tertiary/aromatic N) is 1. The molecule has 1 aliphatic rings. The van der Waals surface area contributed by atoms with Crippen LogP contribution >= 0.6 is 0 Å². The van der Waals surface area contributed by atoms with Crippen molar-refractivity contribution in [3.63, 3.8) is 0 Å². The molecule has 0 aromatic heterocycles. The maximum atomic E-state index is 6.12. The molecule has 1 aromatic carbocycles. The van der Waals surface area contributed by atoms with Gasteiger partial charge in [0, 0.05) is 18.8 Å². The Morgan fingerprint density at radius 2 is 1.85 bits per heavy atom. The summed E-state index contributed by atoms with van der Waals surface area (Å²) in [5.41, 5.74) is 9.29. The van der Waals surface area contributed by atoms with Gasteiger partial charge < -0.3 is 10.6 Å². The molecule has 1 aromatic rings. The van der Waals surface area contributed by atoms with Crippen LogP contribution in [0.1, 0.15) is 51.0 Å². The predicted molar refractivity (Wildman–Crippen MR) is 88.3 cm³/mol. The van der Waals surface area contributed by atoms with E-state index in [0.29, 0.717) is 5.41 Å². The number of para-hydroxylation sites is 1. The Morgan fingerprint density at radius 1 is 1.15 bits per heavy atom. The van der Waals surface area contributed by atoms with Gasteiger partial charge in [0.25, 0.3) is 0 Å². The molecule has 0 saturated heterocycles. The molecule has 0 atom stereocenters. The topological polar surface area (TPSA) is 29.3 Å². The van der Waals surface area contributed by atoms with Crippen LogP contribution in [0, 0.1) is 12.3 Å². The van der Waals surface area contributed by atoms with E-state index >= 15 is 0 Å². The van der Waals surface area contributed by atoms with Crippen molar-refractivity contribution < 1.29 is 0 Å². The van der Waals surface area contributed by atoms with Gasteiger partial charge in [0.05, 0.1) is 0 Å². The van der Waals surface area contributed by atoms with Crippen LogP contribution in [0.15, 0.2) is 24.3 Å². The summed E-state index contributed by atoms with van der Waals surface area (Å²) in [6.07, 6.45) is 8.04. The lowest BCUT2D eigenvalue weighted by atomic mass is 9.72. The number of anilines is 1. The van der Waals surface area contributed by atoms with Crippen molar-refractivity contribution in [3.8, 4) is 0 Å². The van der Waals surface area contributed by atoms with Crippen LogP contribution in [-0.2, 0) is 0 Å². The molecule has 0 heterocycles. The zero-order valence-electron chi connectivity index (χ0n) is 13.2. The fraction of sp³-hybridized carbons (Fsp3) is 0.667.